The third-order valence-corrected chi connectivity index (χ3v) is 18.4. The van der Waals surface area contributed by atoms with E-state index >= 15 is 0 Å². The van der Waals surface area contributed by atoms with Gasteiger partial charge < -0.3 is 33.8 Å². The summed E-state index contributed by atoms with van der Waals surface area (Å²) in [7, 11) is -9.89. The minimum absolute atomic E-state index is 0.103. The van der Waals surface area contributed by atoms with Crippen molar-refractivity contribution in [3.05, 3.63) is 0 Å². The lowest BCUT2D eigenvalue weighted by Gasteiger charge is -2.21. The van der Waals surface area contributed by atoms with Gasteiger partial charge in [-0.15, -0.1) is 0 Å². The lowest BCUT2D eigenvalue weighted by Crippen LogP contribution is -2.30. The maximum Gasteiger partial charge on any atom is 0.472 e. The molecule has 0 rings (SSSR count). The lowest BCUT2D eigenvalue weighted by atomic mass is 10.0. The zero-order valence-corrected chi connectivity index (χ0v) is 60.1. The number of phosphoric ester groups is 2. The Bertz CT molecular complexity index is 1740. The van der Waals surface area contributed by atoms with E-state index in [0.29, 0.717) is 31.6 Å². The second kappa shape index (κ2) is 64.4. The van der Waals surface area contributed by atoms with E-state index in [4.69, 9.17) is 37.0 Å². The predicted molar refractivity (Wildman–Crippen MR) is 363 cm³/mol. The Kier molecular flexibility index (Phi) is 63.0. The summed E-state index contributed by atoms with van der Waals surface area (Å²) < 4.78 is 68.1. The van der Waals surface area contributed by atoms with Crippen molar-refractivity contribution in [2.75, 3.05) is 39.6 Å². The van der Waals surface area contributed by atoms with Gasteiger partial charge in [0.1, 0.15) is 19.3 Å². The van der Waals surface area contributed by atoms with Gasteiger partial charge in [0.25, 0.3) is 0 Å². The van der Waals surface area contributed by atoms with Crippen molar-refractivity contribution in [3.8, 4) is 0 Å². The number of hydrogen-bond donors (Lipinski definition) is 3. The molecule has 2 unspecified atom stereocenters. The number of carbonyl (C=O) groups is 4. The minimum Gasteiger partial charge on any atom is -0.462 e. The number of unbranched alkanes of at least 4 members (excludes halogenated alkanes) is 43. The van der Waals surface area contributed by atoms with Gasteiger partial charge in [0, 0.05) is 25.7 Å². The van der Waals surface area contributed by atoms with Crippen molar-refractivity contribution in [2.24, 2.45) is 5.92 Å². The first-order chi connectivity index (χ1) is 43.5. The summed E-state index contributed by atoms with van der Waals surface area (Å²) in [6.45, 7) is 7.10. The molecule has 0 aromatic heterocycles. The molecule has 0 heterocycles. The summed E-state index contributed by atoms with van der Waals surface area (Å²) in [5, 5.41) is 10.6. The quantitative estimate of drug-likeness (QED) is 0.0222. The molecule has 0 amide bonds. The Morgan fingerprint density at radius 3 is 0.756 bits per heavy atom. The van der Waals surface area contributed by atoms with E-state index in [1.54, 1.807) is 0 Å². The van der Waals surface area contributed by atoms with Crippen LogP contribution in [-0.4, -0.2) is 96.7 Å². The number of hydrogen-bond acceptors (Lipinski definition) is 15. The Labute approximate surface area is 549 Å². The molecule has 90 heavy (non-hydrogen) atoms. The second-order valence-electron chi connectivity index (χ2n) is 26.1. The van der Waals surface area contributed by atoms with Crippen molar-refractivity contribution in [1.29, 1.82) is 0 Å². The van der Waals surface area contributed by atoms with Crippen LogP contribution in [0.3, 0.4) is 0 Å². The Morgan fingerprint density at radius 1 is 0.300 bits per heavy atom. The Balaban J connectivity index is 5.12. The Hall–Kier alpha value is -1.94. The van der Waals surface area contributed by atoms with Gasteiger partial charge >= 0.3 is 39.5 Å². The van der Waals surface area contributed by atoms with Crippen LogP contribution in [0.4, 0.5) is 0 Å². The monoisotopic (exact) mass is 1320 g/mol. The van der Waals surface area contributed by atoms with Crippen molar-refractivity contribution < 1.29 is 80.2 Å². The fraction of sp³-hybridized carbons (Fsp3) is 0.944. The molecule has 0 aromatic carbocycles. The number of rotatable bonds is 71. The first kappa shape index (κ1) is 88.1. The van der Waals surface area contributed by atoms with E-state index in [2.05, 4.69) is 34.6 Å². The Morgan fingerprint density at radius 2 is 0.511 bits per heavy atom. The summed E-state index contributed by atoms with van der Waals surface area (Å²) in [5.41, 5.74) is 0. The van der Waals surface area contributed by atoms with E-state index in [1.165, 1.54) is 186 Å². The van der Waals surface area contributed by atoms with E-state index in [-0.39, 0.29) is 25.7 Å². The largest absolute Gasteiger partial charge is 0.472 e. The summed E-state index contributed by atoms with van der Waals surface area (Å²) in [6, 6.07) is 0. The lowest BCUT2D eigenvalue weighted by molar-refractivity contribution is -0.161. The number of esters is 4. The molecule has 0 aliphatic rings. The fourth-order valence-corrected chi connectivity index (χ4v) is 12.4. The van der Waals surface area contributed by atoms with Crippen LogP contribution >= 0.6 is 15.6 Å². The first-order valence-electron chi connectivity index (χ1n) is 37.1. The average Bonchev–Trinajstić information content (AvgIpc) is 3.72. The van der Waals surface area contributed by atoms with E-state index in [1.807, 2.05) is 0 Å². The molecule has 0 bridgehead atoms. The molecule has 0 saturated carbocycles. The number of phosphoric acid groups is 2. The van der Waals surface area contributed by atoms with Crippen LogP contribution in [0.5, 0.6) is 0 Å². The normalized spacial score (nSPS) is 14.1. The number of ether oxygens (including phenoxy) is 4. The molecule has 17 nitrogen and oxygen atoms in total. The number of aliphatic hydroxyl groups excluding tert-OH is 1. The van der Waals surface area contributed by atoms with Crippen molar-refractivity contribution in [1.82, 2.24) is 0 Å². The van der Waals surface area contributed by atoms with Crippen LogP contribution in [0.25, 0.3) is 0 Å². The van der Waals surface area contributed by atoms with Gasteiger partial charge in [0.05, 0.1) is 26.4 Å². The van der Waals surface area contributed by atoms with Crippen LogP contribution in [0.15, 0.2) is 0 Å². The van der Waals surface area contributed by atoms with Crippen molar-refractivity contribution >= 4 is 39.5 Å². The first-order valence-corrected chi connectivity index (χ1v) is 40.1. The average molecular weight is 1330 g/mol. The van der Waals surface area contributed by atoms with Gasteiger partial charge in [-0.3, -0.25) is 37.3 Å². The van der Waals surface area contributed by atoms with Crippen LogP contribution in [0.1, 0.15) is 369 Å². The number of carbonyl (C=O) groups excluding carboxylic acids is 4. The van der Waals surface area contributed by atoms with Gasteiger partial charge in [-0.05, 0) is 31.6 Å². The van der Waals surface area contributed by atoms with Crippen LogP contribution in [0.2, 0.25) is 0 Å². The summed E-state index contributed by atoms with van der Waals surface area (Å²) in [6.07, 6.45) is 52.0. The maximum atomic E-state index is 13.0. The molecule has 19 heteroatoms. The highest BCUT2D eigenvalue weighted by atomic mass is 31.2. The fourth-order valence-electron chi connectivity index (χ4n) is 10.8. The van der Waals surface area contributed by atoms with E-state index in [9.17, 15) is 43.2 Å². The molecule has 0 radical (unpaired) electrons. The van der Waals surface area contributed by atoms with Crippen molar-refractivity contribution in [2.45, 2.75) is 387 Å². The summed E-state index contributed by atoms with van der Waals surface area (Å²) >= 11 is 0. The minimum atomic E-state index is -4.95. The van der Waals surface area contributed by atoms with Crippen LogP contribution in [-0.2, 0) is 65.4 Å². The highest BCUT2D eigenvalue weighted by Gasteiger charge is 2.30. The van der Waals surface area contributed by atoms with Crippen molar-refractivity contribution in [3.63, 3.8) is 0 Å². The van der Waals surface area contributed by atoms with Gasteiger partial charge in [-0.25, -0.2) is 9.13 Å². The standard InChI is InChI=1S/C71H138O17P2/c1-6-9-12-15-17-19-21-23-25-26-27-28-29-31-33-35-37-41-46-51-56-70(75)88-67(61-82-69(74)55-50-45-40-36-34-32-30-24-22-20-18-16-13-10-7-2)63-86-90(79,80)84-59-65(72)58-83-89(77,78)85-62-66(60-81-68(73)54-49-43-14-11-8-3)87-71(76)57-52-47-42-38-39-44-48-53-64(4)5/h64-67,72H,6-63H2,1-5H3,(H,77,78)(H,79,80)/t65-,66+,67+/m0/s1. The number of aliphatic hydroxyl groups is 1. The molecule has 5 atom stereocenters. The third-order valence-electron chi connectivity index (χ3n) is 16.5. The maximum absolute atomic E-state index is 13.0. The molecular weight excluding hydrogens is 1190 g/mol. The van der Waals surface area contributed by atoms with Gasteiger partial charge in [-0.2, -0.15) is 0 Å². The molecule has 0 saturated heterocycles. The molecular formula is C71H138O17P2. The second-order valence-corrected chi connectivity index (χ2v) is 29.0. The SMILES string of the molecule is CCCCCCCCCCCCCCCCCCCCCCC(=O)O[C@H](COC(=O)CCCCCCCCCCCCCCCCC)COP(=O)(O)OC[C@@H](O)COP(=O)(O)OC[C@@H](COC(=O)CCCCCCC)OC(=O)CCCCCCCCCC(C)C. The predicted octanol–water partition coefficient (Wildman–Crippen LogP) is 20.5. The molecule has 0 spiro atoms. The summed E-state index contributed by atoms with van der Waals surface area (Å²) in [4.78, 5) is 72.3. The zero-order valence-electron chi connectivity index (χ0n) is 58.3. The molecule has 0 fully saturated rings. The molecule has 3 N–H and O–H groups in total. The van der Waals surface area contributed by atoms with Gasteiger partial charge in [0.15, 0.2) is 12.2 Å². The summed E-state index contributed by atoms with van der Waals surface area (Å²) in [5.74, 6) is -1.44. The van der Waals surface area contributed by atoms with Gasteiger partial charge in [-0.1, -0.05) is 317 Å². The molecule has 0 aliphatic carbocycles. The van der Waals surface area contributed by atoms with E-state index in [0.717, 1.165) is 96.3 Å². The van der Waals surface area contributed by atoms with Crippen LogP contribution in [0, 0.1) is 5.92 Å². The smallest absolute Gasteiger partial charge is 0.462 e. The topological polar surface area (TPSA) is 237 Å². The van der Waals surface area contributed by atoms with Gasteiger partial charge in [0.2, 0.25) is 0 Å². The molecule has 534 valence electrons. The zero-order chi connectivity index (χ0) is 66.3. The van der Waals surface area contributed by atoms with Crippen LogP contribution < -0.4 is 0 Å². The van der Waals surface area contributed by atoms with E-state index < -0.39 is 97.5 Å². The molecule has 0 aliphatic heterocycles. The third kappa shape index (κ3) is 64.8. The highest BCUT2D eigenvalue weighted by molar-refractivity contribution is 7.47. The highest BCUT2D eigenvalue weighted by Crippen LogP contribution is 2.45. The molecule has 0 aromatic rings.